The number of rotatable bonds is 3. The van der Waals surface area contributed by atoms with E-state index in [9.17, 15) is 5.11 Å². The standard InChI is InChI=1S/C9H15N3OS/c1-7(13)5-8-3-2-4-12(8)9-10-6-11-14-9/h6-8,13H,2-5H2,1H3. The molecule has 1 aliphatic heterocycles. The van der Waals surface area contributed by atoms with E-state index in [-0.39, 0.29) is 6.10 Å². The number of aliphatic hydroxyl groups is 1. The SMILES string of the molecule is CC(O)CC1CCCN1c1ncns1. The maximum atomic E-state index is 9.37. The highest BCUT2D eigenvalue weighted by atomic mass is 32.1. The molecule has 0 saturated carbocycles. The lowest BCUT2D eigenvalue weighted by atomic mass is 10.1. The third-order valence-electron chi connectivity index (χ3n) is 2.59. The molecule has 2 atom stereocenters. The molecule has 2 unspecified atom stereocenters. The highest BCUT2D eigenvalue weighted by Crippen LogP contribution is 2.28. The van der Waals surface area contributed by atoms with Gasteiger partial charge in [0.15, 0.2) is 0 Å². The highest BCUT2D eigenvalue weighted by molar-refractivity contribution is 7.09. The Hall–Kier alpha value is -0.680. The lowest BCUT2D eigenvalue weighted by Gasteiger charge is -2.24. The second-order valence-electron chi connectivity index (χ2n) is 3.80. The molecule has 5 heteroatoms. The molecule has 1 N–H and O–H groups in total. The van der Waals surface area contributed by atoms with Gasteiger partial charge in [0.05, 0.1) is 6.10 Å². The lowest BCUT2D eigenvalue weighted by Crippen LogP contribution is -2.31. The van der Waals surface area contributed by atoms with Crippen LogP contribution in [0.15, 0.2) is 6.33 Å². The Morgan fingerprint density at radius 3 is 3.29 bits per heavy atom. The number of anilines is 1. The molecule has 4 nitrogen and oxygen atoms in total. The quantitative estimate of drug-likeness (QED) is 0.821. The first-order valence-corrected chi connectivity index (χ1v) is 5.76. The summed E-state index contributed by atoms with van der Waals surface area (Å²) in [5.74, 6) is 0. The van der Waals surface area contributed by atoms with E-state index in [1.165, 1.54) is 18.0 Å². The summed E-state index contributed by atoms with van der Waals surface area (Å²) in [5.41, 5.74) is 0. The van der Waals surface area contributed by atoms with Crippen LogP contribution in [0.2, 0.25) is 0 Å². The Bertz CT molecular complexity index is 276. The molecule has 0 bridgehead atoms. The van der Waals surface area contributed by atoms with E-state index in [1.54, 1.807) is 6.33 Å². The van der Waals surface area contributed by atoms with E-state index >= 15 is 0 Å². The van der Waals surface area contributed by atoms with E-state index < -0.39 is 0 Å². The van der Waals surface area contributed by atoms with Crippen molar-refractivity contribution in [1.82, 2.24) is 9.36 Å². The Kier molecular flexibility index (Phi) is 2.98. The molecule has 0 aromatic carbocycles. The third-order valence-corrected chi connectivity index (χ3v) is 3.29. The first kappa shape index (κ1) is 9.86. The van der Waals surface area contributed by atoms with Gasteiger partial charge >= 0.3 is 0 Å². The Morgan fingerprint density at radius 1 is 1.79 bits per heavy atom. The number of aromatic nitrogens is 2. The van der Waals surface area contributed by atoms with Crippen molar-refractivity contribution in [3.05, 3.63) is 6.33 Å². The van der Waals surface area contributed by atoms with Gasteiger partial charge < -0.3 is 10.0 Å². The molecular weight excluding hydrogens is 198 g/mol. The van der Waals surface area contributed by atoms with Crippen molar-refractivity contribution in [2.24, 2.45) is 0 Å². The summed E-state index contributed by atoms with van der Waals surface area (Å²) in [4.78, 5) is 6.48. The average Bonchev–Trinajstić information content (AvgIpc) is 2.70. The molecule has 1 aromatic rings. The van der Waals surface area contributed by atoms with Gasteiger partial charge in [0, 0.05) is 24.1 Å². The molecule has 1 saturated heterocycles. The number of hydrogen-bond acceptors (Lipinski definition) is 5. The van der Waals surface area contributed by atoms with Crippen LogP contribution in [0.5, 0.6) is 0 Å². The summed E-state index contributed by atoms with van der Waals surface area (Å²) in [5, 5.41) is 10.4. The fourth-order valence-corrected chi connectivity index (χ4v) is 2.65. The lowest BCUT2D eigenvalue weighted by molar-refractivity contribution is 0.175. The van der Waals surface area contributed by atoms with Gasteiger partial charge in [-0.1, -0.05) is 0 Å². The molecule has 1 aliphatic rings. The summed E-state index contributed by atoms with van der Waals surface area (Å²) >= 11 is 1.43. The molecule has 2 heterocycles. The van der Waals surface area contributed by atoms with Crippen LogP contribution in [0.3, 0.4) is 0 Å². The first-order chi connectivity index (χ1) is 6.77. The third kappa shape index (κ3) is 2.04. The summed E-state index contributed by atoms with van der Waals surface area (Å²) in [6, 6.07) is 0.447. The summed E-state index contributed by atoms with van der Waals surface area (Å²) < 4.78 is 4.01. The van der Waals surface area contributed by atoms with Crippen LogP contribution in [0.4, 0.5) is 5.13 Å². The van der Waals surface area contributed by atoms with E-state index in [4.69, 9.17) is 0 Å². The normalized spacial score (nSPS) is 24.1. The summed E-state index contributed by atoms with van der Waals surface area (Å²) in [6.07, 6.45) is 4.55. The van der Waals surface area contributed by atoms with Gasteiger partial charge in [-0.2, -0.15) is 4.37 Å². The highest BCUT2D eigenvalue weighted by Gasteiger charge is 2.27. The van der Waals surface area contributed by atoms with Crippen molar-refractivity contribution >= 4 is 16.7 Å². The number of hydrogen-bond donors (Lipinski definition) is 1. The molecule has 0 radical (unpaired) electrons. The van der Waals surface area contributed by atoms with Crippen molar-refractivity contribution in [2.75, 3.05) is 11.4 Å². The number of aliphatic hydroxyl groups excluding tert-OH is 1. The van der Waals surface area contributed by atoms with Crippen LogP contribution in [0, 0.1) is 0 Å². The predicted octanol–water partition coefficient (Wildman–Crippen LogP) is 1.28. The minimum absolute atomic E-state index is 0.228. The fraction of sp³-hybridized carbons (Fsp3) is 0.778. The average molecular weight is 213 g/mol. The second-order valence-corrected chi connectivity index (χ2v) is 4.56. The van der Waals surface area contributed by atoms with E-state index in [2.05, 4.69) is 14.3 Å². The van der Waals surface area contributed by atoms with E-state index in [0.29, 0.717) is 6.04 Å². The van der Waals surface area contributed by atoms with Crippen molar-refractivity contribution in [3.63, 3.8) is 0 Å². The monoisotopic (exact) mass is 213 g/mol. The van der Waals surface area contributed by atoms with Gasteiger partial charge in [0.25, 0.3) is 0 Å². The molecule has 14 heavy (non-hydrogen) atoms. The Balaban J connectivity index is 2.04. The van der Waals surface area contributed by atoms with E-state index in [0.717, 1.165) is 24.5 Å². The fourth-order valence-electron chi connectivity index (χ4n) is 2.02. The molecule has 78 valence electrons. The van der Waals surface area contributed by atoms with Crippen LogP contribution in [0.1, 0.15) is 26.2 Å². The van der Waals surface area contributed by atoms with Crippen LogP contribution in [0.25, 0.3) is 0 Å². The van der Waals surface area contributed by atoms with Crippen LogP contribution in [-0.4, -0.2) is 33.2 Å². The van der Waals surface area contributed by atoms with Crippen molar-refractivity contribution in [1.29, 1.82) is 0 Å². The topological polar surface area (TPSA) is 49.2 Å². The second kappa shape index (κ2) is 4.23. The minimum Gasteiger partial charge on any atom is -0.393 e. The van der Waals surface area contributed by atoms with E-state index in [1.807, 2.05) is 6.92 Å². The minimum atomic E-state index is -0.228. The molecule has 0 aliphatic carbocycles. The molecule has 0 amide bonds. The maximum Gasteiger partial charge on any atom is 0.205 e. The van der Waals surface area contributed by atoms with Gasteiger partial charge in [0.1, 0.15) is 6.33 Å². The Morgan fingerprint density at radius 2 is 2.64 bits per heavy atom. The predicted molar refractivity (Wildman–Crippen MR) is 56.6 cm³/mol. The molecule has 2 rings (SSSR count). The van der Waals surface area contributed by atoms with Crippen molar-refractivity contribution in [3.8, 4) is 0 Å². The zero-order chi connectivity index (χ0) is 9.97. The van der Waals surface area contributed by atoms with Gasteiger partial charge in [-0.25, -0.2) is 4.98 Å². The van der Waals surface area contributed by atoms with Gasteiger partial charge in [-0.3, -0.25) is 0 Å². The van der Waals surface area contributed by atoms with Gasteiger partial charge in [-0.05, 0) is 26.2 Å². The zero-order valence-corrected chi connectivity index (χ0v) is 9.07. The van der Waals surface area contributed by atoms with Crippen LogP contribution in [-0.2, 0) is 0 Å². The summed E-state index contributed by atoms with van der Waals surface area (Å²) in [6.45, 7) is 2.89. The summed E-state index contributed by atoms with van der Waals surface area (Å²) in [7, 11) is 0. The largest absolute Gasteiger partial charge is 0.393 e. The first-order valence-electron chi connectivity index (χ1n) is 4.99. The molecule has 0 spiro atoms. The van der Waals surface area contributed by atoms with Crippen LogP contribution >= 0.6 is 11.5 Å². The molecular formula is C9H15N3OS. The van der Waals surface area contributed by atoms with Crippen LogP contribution < -0.4 is 4.90 Å². The smallest absolute Gasteiger partial charge is 0.205 e. The van der Waals surface area contributed by atoms with Gasteiger partial charge in [-0.15, -0.1) is 0 Å². The number of nitrogens with zero attached hydrogens (tertiary/aromatic N) is 3. The van der Waals surface area contributed by atoms with Crippen molar-refractivity contribution < 1.29 is 5.11 Å². The maximum absolute atomic E-state index is 9.37. The Labute approximate surface area is 87.8 Å². The molecule has 1 fully saturated rings. The zero-order valence-electron chi connectivity index (χ0n) is 8.26. The van der Waals surface area contributed by atoms with Gasteiger partial charge in [0.2, 0.25) is 5.13 Å². The molecule has 1 aromatic heterocycles. The van der Waals surface area contributed by atoms with Crippen molar-refractivity contribution in [2.45, 2.75) is 38.3 Å².